The van der Waals surface area contributed by atoms with Gasteiger partial charge >= 0.3 is 0 Å². The van der Waals surface area contributed by atoms with E-state index in [0.717, 1.165) is 19.5 Å². The Bertz CT molecular complexity index is 702. The van der Waals surface area contributed by atoms with Crippen molar-refractivity contribution in [2.24, 2.45) is 0 Å². The molecule has 1 atom stereocenters. The topological polar surface area (TPSA) is 62.6 Å². The van der Waals surface area contributed by atoms with E-state index in [0.29, 0.717) is 11.0 Å². The molecule has 1 aromatic heterocycles. The zero-order valence-corrected chi connectivity index (χ0v) is 11.3. The van der Waals surface area contributed by atoms with E-state index >= 15 is 0 Å². The second kappa shape index (κ2) is 5.09. The molecule has 1 amide bonds. The van der Waals surface area contributed by atoms with Crippen LogP contribution in [0.1, 0.15) is 17.0 Å². The Kier molecular flexibility index (Phi) is 3.28. The fraction of sp³-hybridized carbons (Fsp3) is 0.333. The molecule has 0 radical (unpaired) electrons. The third kappa shape index (κ3) is 2.20. The number of fused-ring (bicyclic) bond motifs is 1. The van der Waals surface area contributed by atoms with Crippen LogP contribution in [-0.4, -0.2) is 37.0 Å². The molecule has 2 aromatic rings. The molecule has 0 bridgehead atoms. The monoisotopic (exact) mass is 272 g/mol. The summed E-state index contributed by atoms with van der Waals surface area (Å²) in [6, 6.07) is 8.38. The molecular weight excluding hydrogens is 256 g/mol. The Hall–Kier alpha value is -2.14. The molecule has 0 saturated carbocycles. The maximum atomic E-state index is 12.4. The number of amides is 1. The number of nitrogens with zero attached hydrogens (tertiary/aromatic N) is 1. The fourth-order valence-electron chi connectivity index (χ4n) is 2.52. The average molecular weight is 272 g/mol. The molecule has 1 unspecified atom stereocenters. The van der Waals surface area contributed by atoms with Crippen molar-refractivity contribution < 1.29 is 9.21 Å². The first kappa shape index (κ1) is 12.9. The highest BCUT2D eigenvalue weighted by atomic mass is 16.3. The summed E-state index contributed by atoms with van der Waals surface area (Å²) in [5.74, 6) is -0.148. The molecule has 20 heavy (non-hydrogen) atoms. The predicted octanol–water partition coefficient (Wildman–Crippen LogP) is 1.23. The highest BCUT2D eigenvalue weighted by Crippen LogP contribution is 2.15. The van der Waals surface area contributed by atoms with E-state index < -0.39 is 0 Å². The molecule has 0 aliphatic carbocycles. The minimum atomic E-state index is -0.249. The first-order valence-corrected chi connectivity index (χ1v) is 6.67. The van der Waals surface area contributed by atoms with Gasteiger partial charge < -0.3 is 14.6 Å². The lowest BCUT2D eigenvalue weighted by Gasteiger charge is -2.23. The van der Waals surface area contributed by atoms with Crippen LogP contribution in [0.15, 0.2) is 39.5 Å². The third-order valence-electron chi connectivity index (χ3n) is 3.75. The zero-order valence-electron chi connectivity index (χ0n) is 11.3. The van der Waals surface area contributed by atoms with E-state index in [2.05, 4.69) is 5.32 Å². The average Bonchev–Trinajstić information content (AvgIpc) is 3.00. The molecule has 104 valence electrons. The van der Waals surface area contributed by atoms with E-state index in [1.807, 2.05) is 0 Å². The summed E-state index contributed by atoms with van der Waals surface area (Å²) in [5, 5.41) is 3.71. The highest BCUT2D eigenvalue weighted by molar-refractivity contribution is 5.93. The lowest BCUT2D eigenvalue weighted by Crippen LogP contribution is -2.38. The Balaban J connectivity index is 1.97. The van der Waals surface area contributed by atoms with Crippen LogP contribution >= 0.6 is 0 Å². The number of hydrogen-bond acceptors (Lipinski definition) is 4. The second-order valence-electron chi connectivity index (χ2n) is 5.03. The summed E-state index contributed by atoms with van der Waals surface area (Å²) in [4.78, 5) is 26.0. The van der Waals surface area contributed by atoms with Crippen LogP contribution in [0.5, 0.6) is 0 Å². The van der Waals surface area contributed by atoms with Gasteiger partial charge in [0.2, 0.25) is 0 Å². The molecule has 5 heteroatoms. The van der Waals surface area contributed by atoms with Crippen LogP contribution in [0.25, 0.3) is 11.0 Å². The number of carbonyl (C=O) groups is 1. The van der Waals surface area contributed by atoms with Crippen molar-refractivity contribution >= 4 is 16.9 Å². The Labute approximate surface area is 116 Å². The molecule has 0 spiro atoms. The van der Waals surface area contributed by atoms with Gasteiger partial charge in [0.15, 0.2) is 11.2 Å². The molecule has 3 rings (SSSR count). The molecule has 1 aromatic carbocycles. The second-order valence-corrected chi connectivity index (χ2v) is 5.03. The fourth-order valence-corrected chi connectivity index (χ4v) is 2.52. The van der Waals surface area contributed by atoms with Crippen molar-refractivity contribution in [3.8, 4) is 0 Å². The number of carbonyl (C=O) groups excluding carboxylic acids is 1. The lowest BCUT2D eigenvalue weighted by atomic mass is 10.2. The zero-order chi connectivity index (χ0) is 14.1. The van der Waals surface area contributed by atoms with E-state index in [-0.39, 0.29) is 23.1 Å². The molecule has 1 saturated heterocycles. The van der Waals surface area contributed by atoms with Crippen molar-refractivity contribution in [2.75, 3.05) is 20.1 Å². The van der Waals surface area contributed by atoms with Crippen molar-refractivity contribution in [1.29, 1.82) is 0 Å². The minimum absolute atomic E-state index is 0.100. The molecule has 1 aliphatic rings. The predicted molar refractivity (Wildman–Crippen MR) is 75.9 cm³/mol. The number of hydrogen-bond donors (Lipinski definition) is 1. The first-order valence-electron chi connectivity index (χ1n) is 6.67. The quantitative estimate of drug-likeness (QED) is 0.893. The van der Waals surface area contributed by atoms with Gasteiger partial charge in [0, 0.05) is 25.7 Å². The van der Waals surface area contributed by atoms with Gasteiger partial charge in [0.05, 0.1) is 5.39 Å². The van der Waals surface area contributed by atoms with E-state index in [9.17, 15) is 9.59 Å². The standard InChI is InChI=1S/C15H16N2O3/c1-17(10-6-7-16-9-10)15(19)14-8-12(18)11-4-2-3-5-13(11)20-14/h2-5,8,10,16H,6-7,9H2,1H3. The van der Waals surface area contributed by atoms with Crippen molar-refractivity contribution in [1.82, 2.24) is 10.2 Å². The number of para-hydroxylation sites is 1. The summed E-state index contributed by atoms with van der Waals surface area (Å²) < 4.78 is 5.57. The number of benzene rings is 1. The molecule has 1 fully saturated rings. The summed E-state index contributed by atoms with van der Waals surface area (Å²) in [6.45, 7) is 1.68. The maximum absolute atomic E-state index is 12.4. The Morgan fingerprint density at radius 1 is 1.40 bits per heavy atom. The summed E-state index contributed by atoms with van der Waals surface area (Å²) in [7, 11) is 1.75. The van der Waals surface area contributed by atoms with E-state index in [1.54, 1.807) is 36.2 Å². The SMILES string of the molecule is CN(C(=O)c1cc(=O)c2ccccc2o1)C1CCNC1. The van der Waals surface area contributed by atoms with Gasteiger partial charge in [0.1, 0.15) is 5.58 Å². The van der Waals surface area contributed by atoms with E-state index in [1.165, 1.54) is 6.07 Å². The van der Waals surface area contributed by atoms with Gasteiger partial charge in [-0.1, -0.05) is 12.1 Å². The summed E-state index contributed by atoms with van der Waals surface area (Å²) >= 11 is 0. The van der Waals surface area contributed by atoms with Gasteiger partial charge in [-0.3, -0.25) is 9.59 Å². The number of nitrogens with one attached hydrogen (secondary N) is 1. The van der Waals surface area contributed by atoms with Crippen LogP contribution in [-0.2, 0) is 0 Å². The molecular formula is C15H16N2O3. The summed E-state index contributed by atoms with van der Waals surface area (Å²) in [5.41, 5.74) is 0.259. The van der Waals surface area contributed by atoms with Crippen molar-refractivity contribution in [2.45, 2.75) is 12.5 Å². The van der Waals surface area contributed by atoms with Crippen LogP contribution in [0.4, 0.5) is 0 Å². The first-order chi connectivity index (χ1) is 9.66. The van der Waals surface area contributed by atoms with Crippen LogP contribution in [0.2, 0.25) is 0 Å². The number of likely N-dealkylation sites (N-methyl/N-ethyl adjacent to an activating group) is 1. The largest absolute Gasteiger partial charge is 0.451 e. The highest BCUT2D eigenvalue weighted by Gasteiger charge is 2.25. The molecule has 5 nitrogen and oxygen atoms in total. The summed E-state index contributed by atoms with van der Waals surface area (Å²) in [6.07, 6.45) is 0.917. The Morgan fingerprint density at radius 3 is 2.95 bits per heavy atom. The van der Waals surface area contributed by atoms with Gasteiger partial charge in [-0.2, -0.15) is 0 Å². The van der Waals surface area contributed by atoms with Gasteiger partial charge in [-0.15, -0.1) is 0 Å². The number of rotatable bonds is 2. The lowest BCUT2D eigenvalue weighted by molar-refractivity contribution is 0.0712. The van der Waals surface area contributed by atoms with Gasteiger partial charge in [-0.05, 0) is 25.1 Å². The van der Waals surface area contributed by atoms with Crippen LogP contribution in [0.3, 0.4) is 0 Å². The van der Waals surface area contributed by atoms with Crippen molar-refractivity contribution in [3.63, 3.8) is 0 Å². The third-order valence-corrected chi connectivity index (χ3v) is 3.75. The van der Waals surface area contributed by atoms with Gasteiger partial charge in [-0.25, -0.2) is 0 Å². The normalized spacial score (nSPS) is 18.4. The van der Waals surface area contributed by atoms with Crippen molar-refractivity contribution in [3.05, 3.63) is 46.3 Å². The minimum Gasteiger partial charge on any atom is -0.451 e. The van der Waals surface area contributed by atoms with E-state index in [4.69, 9.17) is 4.42 Å². The Morgan fingerprint density at radius 2 is 2.20 bits per heavy atom. The van der Waals surface area contributed by atoms with Crippen LogP contribution < -0.4 is 10.7 Å². The smallest absolute Gasteiger partial charge is 0.289 e. The molecule has 1 N–H and O–H groups in total. The maximum Gasteiger partial charge on any atom is 0.289 e. The van der Waals surface area contributed by atoms with Gasteiger partial charge in [0.25, 0.3) is 5.91 Å². The molecule has 2 heterocycles. The molecule has 1 aliphatic heterocycles. The van der Waals surface area contributed by atoms with Crippen LogP contribution in [0, 0.1) is 0 Å².